The summed E-state index contributed by atoms with van der Waals surface area (Å²) < 4.78 is 17.1. The van der Waals surface area contributed by atoms with Gasteiger partial charge < -0.3 is 24.4 Å². The first-order valence-electron chi connectivity index (χ1n) is 10.8. The van der Waals surface area contributed by atoms with Crippen LogP contribution in [0.5, 0.6) is 17.2 Å². The second-order valence-corrected chi connectivity index (χ2v) is 9.72. The van der Waals surface area contributed by atoms with Crippen molar-refractivity contribution in [1.29, 1.82) is 0 Å². The zero-order chi connectivity index (χ0) is 24.8. The van der Waals surface area contributed by atoms with Gasteiger partial charge in [0.15, 0.2) is 11.5 Å². The molecule has 2 aromatic carbocycles. The van der Waals surface area contributed by atoms with Crippen LogP contribution in [0.25, 0.3) is 6.08 Å². The van der Waals surface area contributed by atoms with Crippen LogP contribution in [0.15, 0.2) is 36.0 Å². The van der Waals surface area contributed by atoms with Crippen molar-refractivity contribution in [3.05, 3.63) is 55.7 Å². The van der Waals surface area contributed by atoms with Crippen molar-refractivity contribution in [3.63, 3.8) is 0 Å². The fourth-order valence-electron chi connectivity index (χ4n) is 3.75. The molecule has 0 bridgehead atoms. The molecule has 1 fully saturated rings. The Bertz CT molecular complexity index is 1070. The molecule has 34 heavy (non-hydrogen) atoms. The maximum atomic E-state index is 13.5. The molecule has 0 spiro atoms. The van der Waals surface area contributed by atoms with E-state index in [1.165, 1.54) is 21.3 Å². The monoisotopic (exact) mass is 598 g/mol. The first kappa shape index (κ1) is 26.2. The Morgan fingerprint density at radius 2 is 1.68 bits per heavy atom. The Labute approximate surface area is 218 Å². The fraction of sp³-hybridized carbons (Fsp3) is 0.360. The van der Waals surface area contributed by atoms with Crippen molar-refractivity contribution in [3.8, 4) is 17.2 Å². The van der Waals surface area contributed by atoms with Crippen molar-refractivity contribution in [1.82, 2.24) is 10.2 Å². The highest BCUT2D eigenvalue weighted by atomic mass is 127. The van der Waals surface area contributed by atoms with Crippen LogP contribution < -0.4 is 19.5 Å². The summed E-state index contributed by atoms with van der Waals surface area (Å²) in [5.41, 5.74) is 1.05. The number of ether oxygens (including phenoxy) is 3. The molecule has 0 radical (unpaired) electrons. The average Bonchev–Trinajstić information content (AvgIpc) is 2.84. The Hall–Kier alpha value is -2.46. The summed E-state index contributed by atoms with van der Waals surface area (Å²) in [6.07, 6.45) is 3.45. The van der Waals surface area contributed by atoms with Crippen LogP contribution in [-0.4, -0.2) is 51.1 Å². The van der Waals surface area contributed by atoms with Gasteiger partial charge in [0.1, 0.15) is 5.70 Å². The summed E-state index contributed by atoms with van der Waals surface area (Å²) in [6.45, 7) is 3.44. The molecule has 1 saturated heterocycles. The van der Waals surface area contributed by atoms with E-state index in [9.17, 15) is 9.59 Å². The van der Waals surface area contributed by atoms with E-state index >= 15 is 0 Å². The summed E-state index contributed by atoms with van der Waals surface area (Å²) in [6, 6.07) is 8.60. The van der Waals surface area contributed by atoms with E-state index in [0.717, 1.165) is 16.4 Å². The molecule has 1 aliphatic heterocycles. The van der Waals surface area contributed by atoms with Crippen LogP contribution >= 0.6 is 34.2 Å². The van der Waals surface area contributed by atoms with Gasteiger partial charge in [-0.3, -0.25) is 9.59 Å². The molecule has 0 saturated carbocycles. The number of benzene rings is 2. The molecule has 1 heterocycles. The van der Waals surface area contributed by atoms with Crippen molar-refractivity contribution in [2.75, 3.05) is 34.4 Å². The topological polar surface area (TPSA) is 77.1 Å². The van der Waals surface area contributed by atoms with Crippen molar-refractivity contribution in [2.24, 2.45) is 5.92 Å². The smallest absolute Gasteiger partial charge is 0.270 e. The Morgan fingerprint density at radius 1 is 1.06 bits per heavy atom. The van der Waals surface area contributed by atoms with Gasteiger partial charge in [-0.15, -0.1) is 0 Å². The maximum absolute atomic E-state index is 13.5. The van der Waals surface area contributed by atoms with Gasteiger partial charge in [-0.25, -0.2) is 0 Å². The van der Waals surface area contributed by atoms with E-state index in [0.29, 0.717) is 52.4 Å². The first-order valence-corrected chi connectivity index (χ1v) is 12.3. The number of likely N-dealkylation sites (tertiary alicyclic amines) is 1. The van der Waals surface area contributed by atoms with Crippen LogP contribution in [0, 0.1) is 9.49 Å². The van der Waals surface area contributed by atoms with Gasteiger partial charge in [0, 0.05) is 16.7 Å². The zero-order valence-electron chi connectivity index (χ0n) is 19.6. The Kier molecular flexibility index (Phi) is 9.07. The number of halogens is 2. The fourth-order valence-corrected chi connectivity index (χ4v) is 4.44. The molecular formula is C25H28ClIN2O5. The second-order valence-electron chi connectivity index (χ2n) is 8.07. The van der Waals surface area contributed by atoms with Crippen LogP contribution in [0.3, 0.4) is 0 Å². The summed E-state index contributed by atoms with van der Waals surface area (Å²) in [4.78, 5) is 28.4. The molecule has 2 aromatic rings. The summed E-state index contributed by atoms with van der Waals surface area (Å²) in [5, 5.41) is 3.10. The van der Waals surface area contributed by atoms with Gasteiger partial charge in [-0.05, 0) is 83.3 Å². The lowest BCUT2D eigenvalue weighted by Crippen LogP contribution is -2.42. The lowest BCUT2D eigenvalue weighted by atomic mass is 9.99. The van der Waals surface area contributed by atoms with E-state index < -0.39 is 5.91 Å². The highest BCUT2D eigenvalue weighted by molar-refractivity contribution is 14.1. The second kappa shape index (κ2) is 11.8. The van der Waals surface area contributed by atoms with Crippen LogP contribution in [0.2, 0.25) is 5.02 Å². The van der Waals surface area contributed by atoms with Crippen molar-refractivity contribution < 1.29 is 23.8 Å². The van der Waals surface area contributed by atoms with Crippen molar-refractivity contribution in [2.45, 2.75) is 19.8 Å². The quantitative estimate of drug-likeness (QED) is 0.359. The number of carbonyl (C=O) groups is 2. The minimum atomic E-state index is -0.457. The molecule has 9 heteroatoms. The zero-order valence-corrected chi connectivity index (χ0v) is 22.5. The SMILES string of the molecule is COc1cc(/C=C(\NC(=O)c2cc(I)ccc2Cl)C(=O)N2CCC(C)CC2)cc(OC)c1OC. The molecule has 0 unspecified atom stereocenters. The Morgan fingerprint density at radius 3 is 2.24 bits per heavy atom. The van der Waals surface area contributed by atoms with Crippen LogP contribution in [-0.2, 0) is 4.79 Å². The van der Waals surface area contributed by atoms with Gasteiger partial charge >= 0.3 is 0 Å². The Balaban J connectivity index is 2.02. The molecule has 1 aliphatic rings. The third-order valence-electron chi connectivity index (χ3n) is 5.72. The summed E-state index contributed by atoms with van der Waals surface area (Å²) >= 11 is 8.38. The average molecular weight is 599 g/mol. The molecule has 3 rings (SSSR count). The van der Waals surface area contributed by atoms with Crippen molar-refractivity contribution >= 4 is 52.1 Å². The van der Waals surface area contributed by atoms with E-state index in [1.54, 1.807) is 35.2 Å². The molecule has 7 nitrogen and oxygen atoms in total. The number of hydrogen-bond acceptors (Lipinski definition) is 5. The number of nitrogens with zero attached hydrogens (tertiary/aromatic N) is 1. The van der Waals surface area contributed by atoms with Gasteiger partial charge in [-0.2, -0.15) is 0 Å². The molecular weight excluding hydrogens is 571 g/mol. The van der Waals surface area contributed by atoms with Gasteiger partial charge in [0.2, 0.25) is 5.75 Å². The summed E-state index contributed by atoms with van der Waals surface area (Å²) in [5.74, 6) is 1.18. The van der Waals surface area contributed by atoms with E-state index in [-0.39, 0.29) is 11.6 Å². The normalized spacial score (nSPS) is 14.5. The van der Waals surface area contributed by atoms with E-state index in [1.807, 2.05) is 6.07 Å². The molecule has 0 aromatic heterocycles. The lowest BCUT2D eigenvalue weighted by molar-refractivity contribution is -0.128. The number of amides is 2. The minimum absolute atomic E-state index is 0.142. The van der Waals surface area contributed by atoms with E-state index in [2.05, 4.69) is 34.8 Å². The largest absolute Gasteiger partial charge is 0.493 e. The number of rotatable bonds is 7. The highest BCUT2D eigenvalue weighted by Gasteiger charge is 2.25. The molecule has 0 aliphatic carbocycles. The van der Waals surface area contributed by atoms with Gasteiger partial charge in [-0.1, -0.05) is 18.5 Å². The molecule has 1 N–H and O–H groups in total. The third kappa shape index (κ3) is 6.15. The molecule has 2 amide bonds. The van der Waals surface area contributed by atoms with Crippen LogP contribution in [0.1, 0.15) is 35.7 Å². The number of methoxy groups -OCH3 is 3. The third-order valence-corrected chi connectivity index (χ3v) is 6.72. The lowest BCUT2D eigenvalue weighted by Gasteiger charge is -2.31. The molecule has 182 valence electrons. The number of hydrogen-bond donors (Lipinski definition) is 1. The number of piperidine rings is 1. The number of nitrogens with one attached hydrogen (secondary N) is 1. The minimum Gasteiger partial charge on any atom is -0.493 e. The summed E-state index contributed by atoms with van der Waals surface area (Å²) in [7, 11) is 4.56. The highest BCUT2D eigenvalue weighted by Crippen LogP contribution is 2.38. The number of carbonyl (C=O) groups excluding carboxylic acids is 2. The first-order chi connectivity index (χ1) is 16.3. The predicted octanol–water partition coefficient (Wildman–Crippen LogP) is 5.00. The van der Waals surface area contributed by atoms with Gasteiger partial charge in [0.25, 0.3) is 11.8 Å². The van der Waals surface area contributed by atoms with Gasteiger partial charge in [0.05, 0.1) is 31.9 Å². The molecule has 0 atom stereocenters. The maximum Gasteiger partial charge on any atom is 0.270 e. The predicted molar refractivity (Wildman–Crippen MR) is 141 cm³/mol. The van der Waals surface area contributed by atoms with Crippen LogP contribution in [0.4, 0.5) is 0 Å². The standard InChI is InChI=1S/C25H28ClIN2O5/c1-15-7-9-29(10-8-15)25(31)20(28-24(30)18-14-17(27)5-6-19(18)26)11-16-12-21(32-2)23(34-4)22(13-16)33-3/h5-6,11-15H,7-10H2,1-4H3,(H,28,30)/b20-11-. The van der Waals surface area contributed by atoms with E-state index in [4.69, 9.17) is 25.8 Å².